The molecular weight excluding hydrogens is 440 g/mol. The van der Waals surface area contributed by atoms with Crippen molar-refractivity contribution in [2.75, 3.05) is 6.67 Å². The summed E-state index contributed by atoms with van der Waals surface area (Å²) in [4.78, 5) is 20.2. The van der Waals surface area contributed by atoms with Gasteiger partial charge in [0.2, 0.25) is 0 Å². The van der Waals surface area contributed by atoms with E-state index in [1.54, 1.807) is 0 Å². The number of nitrogens with two attached hydrogens (primary N) is 1. The van der Waals surface area contributed by atoms with Crippen molar-refractivity contribution in [3.05, 3.63) is 64.0 Å². The number of aromatic nitrogens is 1. The van der Waals surface area contributed by atoms with Crippen molar-refractivity contribution in [3.8, 4) is 0 Å². The number of pyridine rings is 1. The number of ketones is 1. The molecule has 0 saturated heterocycles. The topological polar surface area (TPSA) is 77.6 Å². The summed E-state index contributed by atoms with van der Waals surface area (Å²) in [6.45, 7) is 0.128. The van der Waals surface area contributed by atoms with Crippen LogP contribution in [0.1, 0.15) is 39.2 Å². The third-order valence-electron chi connectivity index (χ3n) is 5.72. The Morgan fingerprint density at radius 2 is 2.00 bits per heavy atom. The highest BCUT2D eigenvalue weighted by molar-refractivity contribution is 5.97. The number of benzene rings is 1. The van der Waals surface area contributed by atoms with Crippen LogP contribution in [0.2, 0.25) is 0 Å². The van der Waals surface area contributed by atoms with Crippen molar-refractivity contribution in [2.24, 2.45) is 16.6 Å². The van der Waals surface area contributed by atoms with Crippen molar-refractivity contribution in [1.29, 1.82) is 0 Å². The van der Waals surface area contributed by atoms with E-state index in [0.29, 0.717) is 12.6 Å². The van der Waals surface area contributed by atoms with Gasteiger partial charge >= 0.3 is 6.18 Å². The molecule has 1 saturated carbocycles. The van der Waals surface area contributed by atoms with Gasteiger partial charge < -0.3 is 10.5 Å². The van der Waals surface area contributed by atoms with Gasteiger partial charge in [0.15, 0.2) is 17.4 Å². The van der Waals surface area contributed by atoms with Crippen LogP contribution < -0.4 is 5.73 Å². The second-order valence-electron chi connectivity index (χ2n) is 7.93. The fourth-order valence-electron chi connectivity index (χ4n) is 4.08. The van der Waals surface area contributed by atoms with Crippen LogP contribution in [0.3, 0.4) is 0 Å². The maximum absolute atomic E-state index is 14.7. The number of aliphatic imine (C=N–C) groups is 1. The predicted molar refractivity (Wildman–Crippen MR) is 101 cm³/mol. The molecule has 4 rings (SSSR count). The van der Waals surface area contributed by atoms with Crippen LogP contribution in [0.4, 0.5) is 26.3 Å². The van der Waals surface area contributed by atoms with Gasteiger partial charge in [0.05, 0.1) is 5.56 Å². The molecule has 1 aliphatic carbocycles. The number of alkyl halides is 4. The number of aryl methyl sites for hydroxylation is 1. The number of halogens is 6. The molecule has 0 unspecified atom stereocenters. The molecule has 2 aromatic rings. The van der Waals surface area contributed by atoms with Crippen LogP contribution in [0.5, 0.6) is 0 Å². The maximum Gasteiger partial charge on any atom is 0.417 e. The quantitative estimate of drug-likeness (QED) is 0.544. The first kappa shape index (κ1) is 22.1. The highest BCUT2D eigenvalue weighted by Gasteiger charge is 2.60. The van der Waals surface area contributed by atoms with Gasteiger partial charge in [-0.05, 0) is 42.7 Å². The van der Waals surface area contributed by atoms with E-state index in [1.165, 1.54) is 6.92 Å². The summed E-state index contributed by atoms with van der Waals surface area (Å²) < 4.78 is 86.9. The van der Waals surface area contributed by atoms with Crippen LogP contribution in [0.15, 0.2) is 29.4 Å². The second-order valence-corrected chi connectivity index (χ2v) is 7.93. The minimum absolute atomic E-state index is 0.00436. The Morgan fingerprint density at radius 3 is 2.62 bits per heavy atom. The first-order valence-corrected chi connectivity index (χ1v) is 9.59. The molecule has 2 N–H and O–H groups in total. The minimum atomic E-state index is -4.62. The van der Waals surface area contributed by atoms with Gasteiger partial charge in [-0.25, -0.2) is 18.2 Å². The molecule has 0 amide bonds. The molecule has 1 aromatic carbocycles. The summed E-state index contributed by atoms with van der Waals surface area (Å²) in [5.74, 6) is -3.88. The second kappa shape index (κ2) is 7.49. The third kappa shape index (κ3) is 3.69. The molecule has 1 aliphatic heterocycles. The van der Waals surface area contributed by atoms with Gasteiger partial charge in [0.25, 0.3) is 6.02 Å². The van der Waals surface area contributed by atoms with E-state index in [-0.39, 0.29) is 22.8 Å². The summed E-state index contributed by atoms with van der Waals surface area (Å²) in [5, 5.41) is 0. The molecule has 0 radical (unpaired) electrons. The van der Waals surface area contributed by atoms with Crippen LogP contribution in [0, 0.1) is 24.5 Å². The smallest absolute Gasteiger partial charge is 0.417 e. The molecule has 3 atom stereocenters. The summed E-state index contributed by atoms with van der Waals surface area (Å²) in [5.41, 5.74) is 2.14. The number of carbonyl (C=O) groups excluding carboxylic acids is 1. The monoisotopic (exact) mass is 457 g/mol. The van der Waals surface area contributed by atoms with Gasteiger partial charge in [-0.15, -0.1) is 0 Å². The molecular formula is C21H17F6N3O2. The lowest BCUT2D eigenvalue weighted by atomic mass is 9.84. The highest BCUT2D eigenvalue weighted by Crippen LogP contribution is 2.53. The van der Waals surface area contributed by atoms with Crippen molar-refractivity contribution in [2.45, 2.75) is 37.6 Å². The summed E-state index contributed by atoms with van der Waals surface area (Å²) in [7, 11) is 0. The van der Waals surface area contributed by atoms with E-state index >= 15 is 0 Å². The van der Waals surface area contributed by atoms with E-state index in [0.717, 1.165) is 18.2 Å². The van der Waals surface area contributed by atoms with Crippen LogP contribution in [-0.4, -0.2) is 29.6 Å². The normalized spacial score (nSPS) is 24.4. The fourth-order valence-corrected chi connectivity index (χ4v) is 4.08. The van der Waals surface area contributed by atoms with Gasteiger partial charge in [-0.2, -0.15) is 13.2 Å². The number of nitrogens with zero attached hydrogens (tertiary/aromatic N) is 2. The van der Waals surface area contributed by atoms with Crippen molar-refractivity contribution in [1.82, 2.24) is 4.98 Å². The Balaban J connectivity index is 1.69. The van der Waals surface area contributed by atoms with Gasteiger partial charge in [-0.1, -0.05) is 0 Å². The third-order valence-corrected chi connectivity index (χ3v) is 5.72. The number of amidine groups is 1. The fraction of sp³-hybridized carbons (Fsp3) is 0.381. The van der Waals surface area contributed by atoms with Crippen molar-refractivity contribution >= 4 is 11.8 Å². The van der Waals surface area contributed by atoms with Gasteiger partial charge in [0.1, 0.15) is 24.0 Å². The van der Waals surface area contributed by atoms with E-state index < -0.39 is 65.4 Å². The number of hydrogen-bond acceptors (Lipinski definition) is 5. The highest BCUT2D eigenvalue weighted by atomic mass is 19.4. The summed E-state index contributed by atoms with van der Waals surface area (Å²) in [6, 6.07) is 2.35. The zero-order chi connectivity index (χ0) is 23.4. The first-order valence-electron chi connectivity index (χ1n) is 9.59. The number of fused-ring (bicyclic) bond motifs is 1. The Hall–Kier alpha value is -3.11. The van der Waals surface area contributed by atoms with E-state index in [1.807, 2.05) is 0 Å². The zero-order valence-electron chi connectivity index (χ0n) is 16.6. The largest absolute Gasteiger partial charge is 0.462 e. The number of carbonyl (C=O) groups is 1. The number of ether oxygens (including phenoxy) is 1. The van der Waals surface area contributed by atoms with E-state index in [4.69, 9.17) is 10.5 Å². The average Bonchev–Trinajstić information content (AvgIpc) is 3.48. The standard InChI is InChI=1S/C21H17F6N3O2/c1-9-2-11(21(25,26)27)7-29-18(9)15(31)5-10-3-13(17(24)14(23)4-10)20(8-22)12-6-16(12)32-19(28)30-20/h2-4,7,12,16H,5-6,8H2,1H3,(H2,28,30)/t12-,16+,20-/m0/s1. The Bertz CT molecular complexity index is 1130. The minimum Gasteiger partial charge on any atom is -0.462 e. The molecule has 0 spiro atoms. The first-order chi connectivity index (χ1) is 15.0. The molecule has 1 fully saturated rings. The SMILES string of the molecule is Cc1cc(C(F)(F)F)cnc1C(=O)Cc1cc(F)c(F)c([C@@]2(CF)N=C(N)O[C@@H]3C[C@@H]32)c1. The Labute approximate surface area is 178 Å². The summed E-state index contributed by atoms with van der Waals surface area (Å²) >= 11 is 0. The lowest BCUT2D eigenvalue weighted by Gasteiger charge is -2.31. The van der Waals surface area contributed by atoms with E-state index in [9.17, 15) is 31.1 Å². The molecule has 2 aliphatic rings. The predicted octanol–water partition coefficient (Wildman–Crippen LogP) is 4.01. The molecule has 5 nitrogen and oxygen atoms in total. The lowest BCUT2D eigenvalue weighted by Crippen LogP contribution is -2.40. The zero-order valence-corrected chi connectivity index (χ0v) is 16.6. The van der Waals surface area contributed by atoms with E-state index in [2.05, 4.69) is 9.98 Å². The molecule has 0 bridgehead atoms. The molecule has 32 heavy (non-hydrogen) atoms. The Morgan fingerprint density at radius 1 is 1.28 bits per heavy atom. The molecule has 2 heterocycles. The molecule has 11 heteroatoms. The number of rotatable bonds is 5. The van der Waals surface area contributed by atoms with Crippen LogP contribution in [0.25, 0.3) is 0 Å². The number of hydrogen-bond donors (Lipinski definition) is 1. The summed E-state index contributed by atoms with van der Waals surface area (Å²) in [6.07, 6.45) is -4.69. The molecule has 170 valence electrons. The van der Waals surface area contributed by atoms with Gasteiger partial charge in [-0.3, -0.25) is 9.78 Å². The Kier molecular flexibility index (Phi) is 5.17. The lowest BCUT2D eigenvalue weighted by molar-refractivity contribution is -0.137. The van der Waals surface area contributed by atoms with Crippen molar-refractivity contribution < 1.29 is 35.9 Å². The van der Waals surface area contributed by atoms with Crippen LogP contribution >= 0.6 is 0 Å². The van der Waals surface area contributed by atoms with Gasteiger partial charge in [0, 0.05) is 24.1 Å². The average molecular weight is 457 g/mol. The maximum atomic E-state index is 14.7. The van der Waals surface area contributed by atoms with Crippen LogP contribution in [-0.2, 0) is 22.9 Å². The molecule has 1 aromatic heterocycles. The van der Waals surface area contributed by atoms with Crippen molar-refractivity contribution in [3.63, 3.8) is 0 Å². The number of Topliss-reactive ketones (excluding diaryl/α,β-unsaturated/α-hetero) is 1.